The summed E-state index contributed by atoms with van der Waals surface area (Å²) in [7, 11) is -2.03. The van der Waals surface area contributed by atoms with Crippen LogP contribution in [0.1, 0.15) is 0 Å². The van der Waals surface area contributed by atoms with Gasteiger partial charge >= 0.3 is 8.18 Å². The lowest BCUT2D eigenvalue weighted by atomic mass is 10.3. The zero-order valence-corrected chi connectivity index (χ0v) is 6.12. The van der Waals surface area contributed by atoms with Crippen molar-refractivity contribution in [1.82, 2.24) is 0 Å². The predicted octanol–water partition coefficient (Wildman–Crippen LogP) is 1.68. The molecule has 0 saturated heterocycles. The van der Waals surface area contributed by atoms with Gasteiger partial charge in [-0.25, -0.2) is 10.1 Å². The van der Waals surface area contributed by atoms with E-state index in [2.05, 4.69) is 0 Å². The number of para-hydroxylation sites is 1. The van der Waals surface area contributed by atoms with Crippen LogP contribution in [0, 0.1) is 0 Å². The molecule has 1 radical (unpaired) electrons. The quantitative estimate of drug-likeness (QED) is 0.662. The van der Waals surface area contributed by atoms with E-state index in [-0.39, 0.29) is 0 Å². The van der Waals surface area contributed by atoms with Crippen molar-refractivity contribution in [2.75, 3.05) is 0 Å². The Morgan fingerprint density at radius 2 is 1.90 bits per heavy atom. The Balaban J connectivity index is 2.67. The maximum Gasteiger partial charge on any atom is 0.349 e. The molecule has 1 atom stereocenters. The first-order valence-corrected chi connectivity index (χ1v) is 3.98. The number of benzene rings is 1. The van der Waals surface area contributed by atoms with E-state index in [1.807, 2.05) is 6.07 Å². The molecule has 53 valence electrons. The minimum Gasteiger partial charge on any atom is -0.407 e. The Kier molecular flexibility index (Phi) is 2.37. The van der Waals surface area contributed by atoms with Gasteiger partial charge in [-0.1, -0.05) is 18.2 Å². The summed E-state index contributed by atoms with van der Waals surface area (Å²) in [4.78, 5) is 0. The van der Waals surface area contributed by atoms with Gasteiger partial charge in [0.05, 0.1) is 0 Å². The Morgan fingerprint density at radius 1 is 1.30 bits per heavy atom. The van der Waals surface area contributed by atoms with Crippen molar-refractivity contribution in [2.24, 2.45) is 5.50 Å². The minimum atomic E-state index is -2.03. The summed E-state index contributed by atoms with van der Waals surface area (Å²) in [6, 6.07) is 8.80. The number of rotatable bonds is 2. The second kappa shape index (κ2) is 3.30. The monoisotopic (exact) mass is 156 g/mol. The Bertz CT molecular complexity index is 224. The van der Waals surface area contributed by atoms with Crippen LogP contribution in [-0.4, -0.2) is 0 Å². The molecule has 1 unspecified atom stereocenters. The third-order valence-electron chi connectivity index (χ3n) is 0.939. The molecule has 0 aromatic heterocycles. The molecule has 0 heterocycles. The van der Waals surface area contributed by atoms with E-state index in [0.29, 0.717) is 5.75 Å². The second-order valence-electron chi connectivity index (χ2n) is 1.69. The normalized spacial score (nSPS) is 10.7. The van der Waals surface area contributed by atoms with Gasteiger partial charge in [0.25, 0.3) is 0 Å². The lowest BCUT2D eigenvalue weighted by Crippen LogP contribution is -1.86. The van der Waals surface area contributed by atoms with Crippen molar-refractivity contribution >= 4 is 8.18 Å². The fraction of sp³-hybridized carbons (Fsp3) is 0. The van der Waals surface area contributed by atoms with Crippen molar-refractivity contribution in [2.45, 2.75) is 0 Å². The molecule has 1 aromatic rings. The molecule has 0 aliphatic rings. The van der Waals surface area contributed by atoms with Crippen LogP contribution in [0.2, 0.25) is 0 Å². The van der Waals surface area contributed by atoms with Gasteiger partial charge in [0.1, 0.15) is 5.75 Å². The third-order valence-corrected chi connectivity index (χ3v) is 1.33. The van der Waals surface area contributed by atoms with Crippen LogP contribution >= 0.6 is 8.18 Å². The number of hydrogen-bond donors (Lipinski definition) is 1. The molecule has 0 fully saturated rings. The van der Waals surface area contributed by atoms with Crippen LogP contribution in [0.15, 0.2) is 30.3 Å². The molecule has 0 aliphatic carbocycles. The predicted molar refractivity (Wildman–Crippen MR) is 38.9 cm³/mol. The van der Waals surface area contributed by atoms with E-state index in [0.717, 1.165) is 0 Å². The van der Waals surface area contributed by atoms with Crippen molar-refractivity contribution in [3.8, 4) is 5.75 Å². The van der Waals surface area contributed by atoms with Crippen LogP contribution < -0.4 is 10.0 Å². The molecular weight excluding hydrogens is 149 g/mol. The minimum absolute atomic E-state index is 0.533. The molecule has 0 amide bonds. The van der Waals surface area contributed by atoms with Crippen LogP contribution in [0.3, 0.4) is 0 Å². The molecule has 1 aromatic carbocycles. The summed E-state index contributed by atoms with van der Waals surface area (Å²) < 4.78 is 15.0. The number of hydrogen-bond acceptors (Lipinski definition) is 2. The van der Waals surface area contributed by atoms with Crippen LogP contribution in [-0.2, 0) is 4.57 Å². The zero-order valence-electron chi connectivity index (χ0n) is 5.23. The highest BCUT2D eigenvalue weighted by molar-refractivity contribution is 7.36. The van der Waals surface area contributed by atoms with E-state index in [1.165, 1.54) is 0 Å². The highest BCUT2D eigenvalue weighted by Gasteiger charge is 1.92. The van der Waals surface area contributed by atoms with Gasteiger partial charge in [-0.3, -0.25) is 0 Å². The van der Waals surface area contributed by atoms with E-state index in [4.69, 9.17) is 10.0 Å². The summed E-state index contributed by atoms with van der Waals surface area (Å²) in [6.07, 6.45) is 0. The van der Waals surface area contributed by atoms with E-state index in [1.54, 1.807) is 24.3 Å². The maximum atomic E-state index is 10.3. The third kappa shape index (κ3) is 2.13. The van der Waals surface area contributed by atoms with E-state index >= 15 is 0 Å². The van der Waals surface area contributed by atoms with Gasteiger partial charge in [0.2, 0.25) is 0 Å². The molecule has 0 bridgehead atoms. The van der Waals surface area contributed by atoms with E-state index < -0.39 is 8.18 Å². The van der Waals surface area contributed by atoms with Crippen LogP contribution in [0.5, 0.6) is 5.75 Å². The summed E-state index contributed by atoms with van der Waals surface area (Å²) in [6.45, 7) is 0. The summed E-state index contributed by atoms with van der Waals surface area (Å²) in [5, 5.41) is 0. The maximum absolute atomic E-state index is 10.3. The summed E-state index contributed by atoms with van der Waals surface area (Å²) in [5.41, 5.74) is 4.91. The van der Waals surface area contributed by atoms with Crippen LogP contribution in [0.25, 0.3) is 0 Å². The van der Waals surface area contributed by atoms with Crippen LogP contribution in [0.4, 0.5) is 0 Å². The van der Waals surface area contributed by atoms with Crippen molar-refractivity contribution in [1.29, 1.82) is 0 Å². The Labute approximate surface area is 59.7 Å². The van der Waals surface area contributed by atoms with Gasteiger partial charge in [-0.2, -0.15) is 0 Å². The first kappa shape index (κ1) is 7.19. The highest BCUT2D eigenvalue weighted by Crippen LogP contribution is 2.18. The van der Waals surface area contributed by atoms with Gasteiger partial charge < -0.3 is 4.52 Å². The fourth-order valence-corrected chi connectivity index (χ4v) is 0.915. The number of nitrogens with two attached hydrogens (primary N) is 1. The van der Waals surface area contributed by atoms with Gasteiger partial charge in [0, 0.05) is 0 Å². The first-order valence-electron chi connectivity index (χ1n) is 2.74. The standard InChI is InChI=1S/C6H7NO2P/c7-10(8)9-6-4-2-1-3-5-6/h1-5H,(H2,7,8). The second-order valence-corrected chi connectivity index (χ2v) is 2.44. The first-order chi connectivity index (χ1) is 4.79. The lowest BCUT2D eigenvalue weighted by Gasteiger charge is -1.97. The Morgan fingerprint density at radius 3 is 2.40 bits per heavy atom. The Hall–Kier alpha value is -0.920. The molecule has 3 nitrogen and oxygen atoms in total. The fourth-order valence-electron chi connectivity index (χ4n) is 0.585. The van der Waals surface area contributed by atoms with Gasteiger partial charge in [-0.15, -0.1) is 0 Å². The molecular formula is C6H7NO2P. The van der Waals surface area contributed by atoms with Crippen molar-refractivity contribution in [3.63, 3.8) is 0 Å². The average molecular weight is 156 g/mol. The largest absolute Gasteiger partial charge is 0.407 e. The summed E-state index contributed by atoms with van der Waals surface area (Å²) in [5.74, 6) is 0.533. The molecule has 4 heteroatoms. The summed E-state index contributed by atoms with van der Waals surface area (Å²) >= 11 is 0. The van der Waals surface area contributed by atoms with Crippen molar-refractivity contribution in [3.05, 3.63) is 30.3 Å². The zero-order chi connectivity index (χ0) is 7.40. The molecule has 10 heavy (non-hydrogen) atoms. The van der Waals surface area contributed by atoms with E-state index in [9.17, 15) is 4.57 Å². The molecule has 0 saturated carbocycles. The van der Waals surface area contributed by atoms with Crippen molar-refractivity contribution < 1.29 is 9.09 Å². The lowest BCUT2D eigenvalue weighted by molar-refractivity contribution is 0.506. The van der Waals surface area contributed by atoms with Gasteiger partial charge in [-0.05, 0) is 12.1 Å². The smallest absolute Gasteiger partial charge is 0.349 e. The molecule has 2 N–H and O–H groups in total. The topological polar surface area (TPSA) is 52.3 Å². The molecule has 0 aliphatic heterocycles. The highest BCUT2D eigenvalue weighted by atomic mass is 31.1. The van der Waals surface area contributed by atoms with Gasteiger partial charge in [0.15, 0.2) is 0 Å². The molecule has 1 rings (SSSR count). The SMILES string of the molecule is N[P](=O)Oc1ccccc1. The average Bonchev–Trinajstić information content (AvgIpc) is 1.88. The molecule has 0 spiro atoms.